The van der Waals surface area contributed by atoms with Crippen LogP contribution in [0.1, 0.15) is 78.3 Å². The summed E-state index contributed by atoms with van der Waals surface area (Å²) in [6.45, 7) is 7.39. The molecule has 2 aromatic rings. The Labute approximate surface area is 185 Å². The van der Waals surface area contributed by atoms with Crippen LogP contribution >= 0.6 is 0 Å². The fourth-order valence-electron chi connectivity index (χ4n) is 4.93. The molecule has 0 fully saturated rings. The maximum absolute atomic E-state index is 12.5. The van der Waals surface area contributed by atoms with E-state index in [1.54, 1.807) is 24.3 Å². The zero-order valence-electron chi connectivity index (χ0n) is 18.8. The number of carbonyl (C=O) groups excluding carboxylic acids is 2. The quantitative estimate of drug-likeness (QED) is 0.510. The summed E-state index contributed by atoms with van der Waals surface area (Å²) in [4.78, 5) is 26.4. The molecule has 160 valence electrons. The number of hydrogen-bond acceptors (Lipinski definition) is 2. The monoisotopic (exact) mass is 413 g/mol. The smallest absolute Gasteiger partial charge is 0.261 e. The number of aryl methyl sites for hydroxylation is 1. The van der Waals surface area contributed by atoms with Gasteiger partial charge in [0.05, 0.1) is 11.1 Å². The van der Waals surface area contributed by atoms with Gasteiger partial charge < -0.3 is 0 Å². The molecule has 0 unspecified atom stereocenters. The molecule has 0 spiro atoms. The van der Waals surface area contributed by atoms with Gasteiger partial charge in [0.2, 0.25) is 0 Å². The van der Waals surface area contributed by atoms with Gasteiger partial charge >= 0.3 is 0 Å². The molecule has 3 heteroatoms. The summed E-state index contributed by atoms with van der Waals surface area (Å²) in [5.74, 6) is -0.341. The normalized spacial score (nSPS) is 18.2. The van der Waals surface area contributed by atoms with Crippen molar-refractivity contribution in [3.05, 3.63) is 88.0 Å². The van der Waals surface area contributed by atoms with E-state index in [1.807, 2.05) is 0 Å². The Balaban J connectivity index is 1.39. The minimum absolute atomic E-state index is 0.170. The fourth-order valence-corrected chi connectivity index (χ4v) is 4.93. The Morgan fingerprint density at radius 3 is 2.35 bits per heavy atom. The number of imide groups is 1. The molecular formula is C28H31NO2. The molecule has 1 aliphatic heterocycles. The highest BCUT2D eigenvalue weighted by molar-refractivity contribution is 6.21. The second-order valence-corrected chi connectivity index (χ2v) is 9.42. The Hall–Kier alpha value is -2.94. The summed E-state index contributed by atoms with van der Waals surface area (Å²) in [5.41, 5.74) is 6.68. The molecule has 0 bridgehead atoms. The lowest BCUT2D eigenvalue weighted by Crippen LogP contribution is -2.30. The van der Waals surface area contributed by atoms with Crippen molar-refractivity contribution in [1.29, 1.82) is 0 Å². The summed E-state index contributed by atoms with van der Waals surface area (Å²) in [6.07, 6.45) is 9.83. The van der Waals surface area contributed by atoms with Crippen LogP contribution in [0, 0.1) is 5.41 Å². The summed E-state index contributed by atoms with van der Waals surface area (Å²) in [7, 11) is 0. The third kappa shape index (κ3) is 4.41. The van der Waals surface area contributed by atoms with E-state index < -0.39 is 0 Å². The van der Waals surface area contributed by atoms with Crippen molar-refractivity contribution >= 4 is 17.9 Å². The van der Waals surface area contributed by atoms with E-state index >= 15 is 0 Å². The summed E-state index contributed by atoms with van der Waals surface area (Å²) < 4.78 is 0. The maximum Gasteiger partial charge on any atom is 0.261 e. The summed E-state index contributed by atoms with van der Waals surface area (Å²) in [6, 6.07) is 15.6. The van der Waals surface area contributed by atoms with Crippen molar-refractivity contribution in [3.8, 4) is 0 Å². The SMILES string of the molecule is CC1=C(C=Cc2cccc(CCCN3C(=O)c4ccccc4C3=O)c2)C(C)(C)CCC1. The zero-order chi connectivity index (χ0) is 22.0. The van der Waals surface area contributed by atoms with Gasteiger partial charge in [-0.05, 0) is 73.3 Å². The Morgan fingerprint density at radius 1 is 0.968 bits per heavy atom. The number of rotatable bonds is 6. The van der Waals surface area contributed by atoms with Gasteiger partial charge in [-0.2, -0.15) is 0 Å². The molecule has 3 nitrogen and oxygen atoms in total. The van der Waals surface area contributed by atoms with E-state index in [0.717, 1.165) is 12.8 Å². The third-order valence-corrected chi connectivity index (χ3v) is 6.66. The minimum atomic E-state index is -0.170. The standard InChI is InChI=1S/C28H31NO2/c1-20-9-7-17-28(2,3)25(20)16-15-22-11-6-10-21(19-22)12-8-18-29-26(30)23-13-4-5-14-24(23)27(29)31/h4-6,10-11,13-16,19H,7-9,12,17-18H2,1-3H3. The number of allylic oxidation sites excluding steroid dienone is 3. The first-order chi connectivity index (χ1) is 14.9. The van der Waals surface area contributed by atoms with Crippen LogP contribution < -0.4 is 0 Å². The van der Waals surface area contributed by atoms with Crippen LogP contribution in [0.3, 0.4) is 0 Å². The fraction of sp³-hybridized carbons (Fsp3) is 0.357. The molecule has 0 N–H and O–H groups in total. The van der Waals surface area contributed by atoms with Crippen molar-refractivity contribution in [3.63, 3.8) is 0 Å². The molecule has 4 rings (SSSR count). The van der Waals surface area contributed by atoms with Crippen LogP contribution in [0.2, 0.25) is 0 Å². The predicted octanol–water partition coefficient (Wildman–Crippen LogP) is 6.46. The van der Waals surface area contributed by atoms with Gasteiger partial charge in [0.25, 0.3) is 11.8 Å². The lowest BCUT2D eigenvalue weighted by atomic mass is 9.72. The van der Waals surface area contributed by atoms with Gasteiger partial charge in [-0.3, -0.25) is 14.5 Å². The lowest BCUT2D eigenvalue weighted by Gasteiger charge is -2.32. The highest BCUT2D eigenvalue weighted by atomic mass is 16.2. The van der Waals surface area contributed by atoms with E-state index in [1.165, 1.54) is 46.4 Å². The molecular weight excluding hydrogens is 382 g/mol. The summed E-state index contributed by atoms with van der Waals surface area (Å²) >= 11 is 0. The van der Waals surface area contributed by atoms with Crippen LogP contribution in [0.15, 0.2) is 65.8 Å². The molecule has 31 heavy (non-hydrogen) atoms. The van der Waals surface area contributed by atoms with E-state index in [9.17, 15) is 9.59 Å². The Morgan fingerprint density at radius 2 is 1.68 bits per heavy atom. The van der Waals surface area contributed by atoms with Crippen molar-refractivity contribution in [2.24, 2.45) is 5.41 Å². The maximum atomic E-state index is 12.5. The topological polar surface area (TPSA) is 37.4 Å². The van der Waals surface area contributed by atoms with E-state index in [2.05, 4.69) is 57.2 Å². The van der Waals surface area contributed by atoms with Crippen LogP contribution in [0.25, 0.3) is 6.08 Å². The van der Waals surface area contributed by atoms with Gasteiger partial charge in [-0.25, -0.2) is 0 Å². The van der Waals surface area contributed by atoms with Gasteiger partial charge in [0.1, 0.15) is 0 Å². The molecule has 0 radical (unpaired) electrons. The van der Waals surface area contributed by atoms with Crippen LogP contribution in [0.4, 0.5) is 0 Å². The molecule has 1 heterocycles. The number of benzene rings is 2. The van der Waals surface area contributed by atoms with Gasteiger partial charge in [0, 0.05) is 6.54 Å². The zero-order valence-corrected chi connectivity index (χ0v) is 18.8. The first-order valence-corrected chi connectivity index (χ1v) is 11.3. The van der Waals surface area contributed by atoms with Crippen molar-refractivity contribution in [2.45, 2.75) is 52.9 Å². The predicted molar refractivity (Wildman–Crippen MR) is 126 cm³/mol. The molecule has 2 aliphatic rings. The second-order valence-electron chi connectivity index (χ2n) is 9.42. The van der Waals surface area contributed by atoms with Crippen molar-refractivity contribution < 1.29 is 9.59 Å². The van der Waals surface area contributed by atoms with Crippen LogP contribution in [-0.2, 0) is 6.42 Å². The van der Waals surface area contributed by atoms with Crippen molar-refractivity contribution in [2.75, 3.05) is 6.54 Å². The molecule has 0 aromatic heterocycles. The highest BCUT2D eigenvalue weighted by Crippen LogP contribution is 2.41. The van der Waals surface area contributed by atoms with E-state index in [-0.39, 0.29) is 17.2 Å². The average Bonchev–Trinajstić information content (AvgIpc) is 2.98. The first-order valence-electron chi connectivity index (χ1n) is 11.3. The third-order valence-electron chi connectivity index (χ3n) is 6.66. The number of carbonyl (C=O) groups is 2. The molecule has 0 atom stereocenters. The largest absolute Gasteiger partial charge is 0.274 e. The highest BCUT2D eigenvalue weighted by Gasteiger charge is 2.34. The molecule has 2 amide bonds. The van der Waals surface area contributed by atoms with Crippen molar-refractivity contribution in [1.82, 2.24) is 4.90 Å². The van der Waals surface area contributed by atoms with Gasteiger partial charge in [0.15, 0.2) is 0 Å². The van der Waals surface area contributed by atoms with E-state index in [4.69, 9.17) is 0 Å². The average molecular weight is 414 g/mol. The number of nitrogens with zero attached hydrogens (tertiary/aromatic N) is 1. The second kappa shape index (κ2) is 8.66. The van der Waals surface area contributed by atoms with E-state index in [0.29, 0.717) is 17.7 Å². The molecule has 1 aliphatic carbocycles. The number of amides is 2. The molecule has 0 saturated carbocycles. The van der Waals surface area contributed by atoms with Crippen LogP contribution in [-0.4, -0.2) is 23.3 Å². The number of hydrogen-bond donors (Lipinski definition) is 0. The van der Waals surface area contributed by atoms with Gasteiger partial charge in [-0.15, -0.1) is 0 Å². The Kier molecular flexibility index (Phi) is 5.95. The van der Waals surface area contributed by atoms with Gasteiger partial charge in [-0.1, -0.05) is 68.0 Å². The molecule has 0 saturated heterocycles. The molecule has 2 aromatic carbocycles. The number of fused-ring (bicyclic) bond motifs is 1. The lowest BCUT2D eigenvalue weighted by molar-refractivity contribution is 0.0652. The Bertz CT molecular complexity index is 1040. The first kappa shape index (κ1) is 21.3. The summed E-state index contributed by atoms with van der Waals surface area (Å²) in [5, 5.41) is 0. The minimum Gasteiger partial charge on any atom is -0.274 e. The van der Waals surface area contributed by atoms with Crippen LogP contribution in [0.5, 0.6) is 0 Å².